The molecule has 1 rings (SSSR count). The van der Waals surface area contributed by atoms with Crippen LogP contribution in [0.15, 0.2) is 24.3 Å². The molecule has 1 aromatic carbocycles. The number of aliphatic hydroxyl groups excluding tert-OH is 1. The van der Waals surface area contributed by atoms with E-state index in [-0.39, 0.29) is 12.1 Å². The van der Waals surface area contributed by atoms with E-state index in [2.05, 4.69) is 11.8 Å². The number of nitrogens with zero attached hydrogens (tertiary/aromatic N) is 1. The molecule has 0 heterocycles. The van der Waals surface area contributed by atoms with Crippen molar-refractivity contribution in [2.75, 3.05) is 26.2 Å². The molecule has 114 valence electrons. The van der Waals surface area contributed by atoms with Crippen LogP contribution in [0.2, 0.25) is 0 Å². The molecular weight excluding hydrogens is 285 g/mol. The first-order chi connectivity index (χ1) is 9.89. The second kappa shape index (κ2) is 7.67. The van der Waals surface area contributed by atoms with Crippen LogP contribution in [-0.2, 0) is 0 Å². The Bertz CT molecular complexity index is 547. The van der Waals surface area contributed by atoms with Crippen molar-refractivity contribution in [3.05, 3.63) is 35.4 Å². The third-order valence-electron chi connectivity index (χ3n) is 2.51. The maximum atomic E-state index is 12.5. The molecule has 0 radical (unpaired) electrons. The largest absolute Gasteiger partial charge is 0.406 e. The number of hydrogen-bond acceptors (Lipinski definition) is 3. The average Bonchev–Trinajstić information content (AvgIpc) is 2.43. The normalized spacial score (nSPS) is 10.7. The summed E-state index contributed by atoms with van der Waals surface area (Å²) in [6, 6.07) is 6.08. The Morgan fingerprint density at radius 2 is 2.00 bits per heavy atom. The summed E-state index contributed by atoms with van der Waals surface area (Å²) in [5, 5.41) is 8.83. The molecule has 0 fully saturated rings. The van der Waals surface area contributed by atoms with Crippen molar-refractivity contribution >= 4 is 5.91 Å². The first-order valence-electron chi connectivity index (χ1n) is 6.14. The number of amides is 1. The van der Waals surface area contributed by atoms with Crippen molar-refractivity contribution in [1.29, 1.82) is 0 Å². The van der Waals surface area contributed by atoms with E-state index < -0.39 is 31.8 Å². The highest BCUT2D eigenvalue weighted by atomic mass is 19.4. The lowest BCUT2D eigenvalue weighted by molar-refractivity contribution is -0.141. The van der Waals surface area contributed by atoms with Crippen LogP contribution >= 0.6 is 0 Å². The molecule has 21 heavy (non-hydrogen) atoms. The maximum absolute atomic E-state index is 12.5. The molecule has 7 heteroatoms. The van der Waals surface area contributed by atoms with E-state index in [1.54, 1.807) is 6.07 Å². The Morgan fingerprint density at radius 1 is 1.33 bits per heavy atom. The minimum atomic E-state index is -4.54. The van der Waals surface area contributed by atoms with Gasteiger partial charge in [0.1, 0.15) is 6.54 Å². The molecule has 1 aromatic rings. The quantitative estimate of drug-likeness (QED) is 0.815. The zero-order chi connectivity index (χ0) is 15.9. The summed E-state index contributed by atoms with van der Waals surface area (Å²) in [6.07, 6.45) is -4.54. The fourth-order valence-electron chi connectivity index (χ4n) is 1.68. The standard InChI is InChI=1S/C14H15F3N2O2/c15-14(16,17)10-19(8-9-20)13(21)12-6-2-1-4-11(12)5-3-7-18/h1-2,4,6,20H,7-10,18H2. The Morgan fingerprint density at radius 3 is 2.57 bits per heavy atom. The highest BCUT2D eigenvalue weighted by Gasteiger charge is 2.33. The number of halogens is 3. The highest BCUT2D eigenvalue weighted by Crippen LogP contribution is 2.19. The molecule has 0 bridgehead atoms. The van der Waals surface area contributed by atoms with E-state index in [0.717, 1.165) is 0 Å². The number of benzene rings is 1. The molecule has 1 amide bonds. The molecule has 0 aliphatic carbocycles. The van der Waals surface area contributed by atoms with E-state index in [1.807, 2.05) is 0 Å². The van der Waals surface area contributed by atoms with Gasteiger partial charge in [0.15, 0.2) is 0 Å². The van der Waals surface area contributed by atoms with Crippen molar-refractivity contribution in [2.45, 2.75) is 6.18 Å². The van der Waals surface area contributed by atoms with Crippen LogP contribution in [0, 0.1) is 11.8 Å². The predicted molar refractivity (Wildman–Crippen MR) is 71.4 cm³/mol. The Hall–Kier alpha value is -2.04. The molecular formula is C14H15F3N2O2. The SMILES string of the molecule is NCC#Cc1ccccc1C(=O)N(CCO)CC(F)(F)F. The maximum Gasteiger partial charge on any atom is 0.406 e. The minimum absolute atomic E-state index is 0.0520. The predicted octanol–water partition coefficient (Wildman–Crippen LogP) is 0.994. The van der Waals surface area contributed by atoms with Gasteiger partial charge in [-0.3, -0.25) is 4.79 Å². The minimum Gasteiger partial charge on any atom is -0.395 e. The number of carbonyl (C=O) groups excluding carboxylic acids is 1. The summed E-state index contributed by atoms with van der Waals surface area (Å²) in [7, 11) is 0. The Kier molecular flexibility index (Phi) is 6.21. The molecule has 0 spiro atoms. The van der Waals surface area contributed by atoms with Gasteiger partial charge in [0.2, 0.25) is 0 Å². The topological polar surface area (TPSA) is 66.6 Å². The summed E-state index contributed by atoms with van der Waals surface area (Å²) >= 11 is 0. The van der Waals surface area contributed by atoms with Crippen molar-refractivity contribution < 1.29 is 23.1 Å². The number of nitrogens with two attached hydrogens (primary N) is 1. The summed E-state index contributed by atoms with van der Waals surface area (Å²) in [5.41, 5.74) is 5.60. The summed E-state index contributed by atoms with van der Waals surface area (Å²) in [4.78, 5) is 12.8. The zero-order valence-corrected chi connectivity index (χ0v) is 11.2. The van der Waals surface area contributed by atoms with Crippen LogP contribution in [0.5, 0.6) is 0 Å². The van der Waals surface area contributed by atoms with E-state index in [9.17, 15) is 18.0 Å². The fraction of sp³-hybridized carbons (Fsp3) is 0.357. The first kappa shape index (κ1) is 17.0. The lowest BCUT2D eigenvalue weighted by Crippen LogP contribution is -2.40. The van der Waals surface area contributed by atoms with Crippen molar-refractivity contribution in [1.82, 2.24) is 4.90 Å². The van der Waals surface area contributed by atoms with Crippen LogP contribution in [0.4, 0.5) is 13.2 Å². The summed E-state index contributed by atoms with van der Waals surface area (Å²) < 4.78 is 37.5. The number of aliphatic hydroxyl groups is 1. The van der Waals surface area contributed by atoms with Crippen molar-refractivity contribution in [3.63, 3.8) is 0 Å². The van der Waals surface area contributed by atoms with Crippen molar-refractivity contribution in [2.24, 2.45) is 5.73 Å². The van der Waals surface area contributed by atoms with E-state index in [1.165, 1.54) is 18.2 Å². The number of rotatable bonds is 4. The van der Waals surface area contributed by atoms with Gasteiger partial charge in [-0.25, -0.2) is 0 Å². The zero-order valence-electron chi connectivity index (χ0n) is 11.2. The highest BCUT2D eigenvalue weighted by molar-refractivity contribution is 5.96. The number of alkyl halides is 3. The van der Waals surface area contributed by atoms with Crippen LogP contribution in [-0.4, -0.2) is 48.3 Å². The lowest BCUT2D eigenvalue weighted by Gasteiger charge is -2.23. The van der Waals surface area contributed by atoms with Gasteiger partial charge in [0.05, 0.1) is 18.7 Å². The van der Waals surface area contributed by atoms with Gasteiger partial charge in [-0.15, -0.1) is 0 Å². The third-order valence-corrected chi connectivity index (χ3v) is 2.51. The van der Waals surface area contributed by atoms with Gasteiger partial charge in [0, 0.05) is 12.1 Å². The molecule has 0 unspecified atom stereocenters. The molecule has 0 aliphatic rings. The molecule has 0 saturated carbocycles. The molecule has 0 aliphatic heterocycles. The summed E-state index contributed by atoms with van der Waals surface area (Å²) in [6.45, 7) is -2.31. The fourth-order valence-corrected chi connectivity index (χ4v) is 1.68. The molecule has 0 aromatic heterocycles. The number of hydrogen-bond donors (Lipinski definition) is 2. The van der Waals surface area contributed by atoms with E-state index >= 15 is 0 Å². The smallest absolute Gasteiger partial charge is 0.395 e. The van der Waals surface area contributed by atoms with E-state index in [0.29, 0.717) is 10.5 Å². The first-order valence-corrected chi connectivity index (χ1v) is 6.14. The molecule has 3 N–H and O–H groups in total. The van der Waals surface area contributed by atoms with Gasteiger partial charge in [-0.05, 0) is 12.1 Å². The Labute approximate surface area is 120 Å². The number of carbonyl (C=O) groups is 1. The monoisotopic (exact) mass is 300 g/mol. The van der Waals surface area contributed by atoms with Gasteiger partial charge >= 0.3 is 6.18 Å². The van der Waals surface area contributed by atoms with Gasteiger partial charge in [-0.1, -0.05) is 24.0 Å². The molecule has 4 nitrogen and oxygen atoms in total. The second-order valence-electron chi connectivity index (χ2n) is 4.12. The van der Waals surface area contributed by atoms with Crippen LogP contribution in [0.3, 0.4) is 0 Å². The van der Waals surface area contributed by atoms with Gasteiger partial charge in [-0.2, -0.15) is 13.2 Å². The van der Waals surface area contributed by atoms with Crippen LogP contribution in [0.25, 0.3) is 0 Å². The Balaban J connectivity index is 3.09. The second-order valence-corrected chi connectivity index (χ2v) is 4.12. The van der Waals surface area contributed by atoms with Crippen molar-refractivity contribution in [3.8, 4) is 11.8 Å². The average molecular weight is 300 g/mol. The van der Waals surface area contributed by atoms with Gasteiger partial charge in [0.25, 0.3) is 5.91 Å². The lowest BCUT2D eigenvalue weighted by atomic mass is 10.1. The van der Waals surface area contributed by atoms with Crippen LogP contribution in [0.1, 0.15) is 15.9 Å². The van der Waals surface area contributed by atoms with E-state index in [4.69, 9.17) is 10.8 Å². The van der Waals surface area contributed by atoms with Gasteiger partial charge < -0.3 is 15.7 Å². The molecule has 0 saturated heterocycles. The molecule has 0 atom stereocenters. The van der Waals surface area contributed by atoms with Crippen LogP contribution < -0.4 is 5.73 Å². The third kappa shape index (κ3) is 5.45. The summed E-state index contributed by atoms with van der Waals surface area (Å²) in [5.74, 6) is 4.37.